The second kappa shape index (κ2) is 5.56. The van der Waals surface area contributed by atoms with Crippen molar-refractivity contribution in [2.24, 2.45) is 0 Å². The van der Waals surface area contributed by atoms with Crippen LogP contribution >= 0.6 is 7.14 Å². The maximum Gasteiger partial charge on any atom is 0.0933 e. The largest absolute Gasteiger partial charge is 0.323 e. The smallest absolute Gasteiger partial charge is 0.0933 e. The molecule has 0 radical (unpaired) electrons. The van der Waals surface area contributed by atoms with Crippen molar-refractivity contribution in [3.8, 4) is 0 Å². The van der Waals surface area contributed by atoms with Crippen molar-refractivity contribution < 1.29 is 4.57 Å². The van der Waals surface area contributed by atoms with Crippen molar-refractivity contribution in [2.45, 2.75) is 38.8 Å². The zero-order valence-electron chi connectivity index (χ0n) is 9.75. The highest BCUT2D eigenvalue weighted by Crippen LogP contribution is 2.58. The molecule has 0 amide bonds. The highest BCUT2D eigenvalue weighted by Gasteiger charge is 2.34. The van der Waals surface area contributed by atoms with E-state index in [-0.39, 0.29) is 5.16 Å². The van der Waals surface area contributed by atoms with Gasteiger partial charge in [0.05, 0.1) is 7.14 Å². The van der Waals surface area contributed by atoms with E-state index in [0.717, 1.165) is 25.2 Å². The zero-order valence-corrected chi connectivity index (χ0v) is 10.6. The van der Waals surface area contributed by atoms with E-state index >= 15 is 0 Å². The zero-order chi connectivity index (χ0) is 11.2. The Balaban J connectivity index is 4.58. The molecule has 0 aromatic heterocycles. The van der Waals surface area contributed by atoms with Gasteiger partial charge in [-0.3, -0.25) is 0 Å². The van der Waals surface area contributed by atoms with E-state index in [1.165, 1.54) is 0 Å². The fourth-order valence-corrected chi connectivity index (χ4v) is 4.15. The molecule has 0 aromatic carbocycles. The van der Waals surface area contributed by atoms with E-state index in [1.54, 1.807) is 0 Å². The summed E-state index contributed by atoms with van der Waals surface area (Å²) in [6.45, 7) is 13.6. The normalized spacial score (nSPS) is 12.5. The van der Waals surface area contributed by atoms with Crippen LogP contribution in [0.2, 0.25) is 0 Å². The molecule has 0 aliphatic rings. The Kier molecular flexibility index (Phi) is 5.44. The molecule has 0 N–H and O–H groups in total. The lowest BCUT2D eigenvalue weighted by Crippen LogP contribution is -2.19. The van der Waals surface area contributed by atoms with Gasteiger partial charge in [0.1, 0.15) is 0 Å². The van der Waals surface area contributed by atoms with Gasteiger partial charge >= 0.3 is 0 Å². The Morgan fingerprint density at radius 1 is 1.07 bits per heavy atom. The summed E-state index contributed by atoms with van der Waals surface area (Å²) < 4.78 is 12.7. The molecule has 0 rings (SSSR count). The molecule has 0 unspecified atom stereocenters. The minimum absolute atomic E-state index is 0.0843. The molecule has 0 aliphatic heterocycles. The Hall–Kier alpha value is -0.290. The van der Waals surface area contributed by atoms with Gasteiger partial charge in [0.2, 0.25) is 0 Å². The van der Waals surface area contributed by atoms with Crippen LogP contribution in [0.4, 0.5) is 0 Å². The topological polar surface area (TPSA) is 17.1 Å². The average Bonchev–Trinajstić information content (AvgIpc) is 2.09. The molecule has 0 saturated heterocycles. The minimum atomic E-state index is -2.08. The fourth-order valence-electron chi connectivity index (χ4n) is 1.38. The lowest BCUT2D eigenvalue weighted by Gasteiger charge is -2.31. The first-order chi connectivity index (χ1) is 6.37. The molecular weight excluding hydrogens is 191 g/mol. The molecule has 0 fully saturated rings. The Bertz CT molecular complexity index is 219. The third-order valence-corrected chi connectivity index (χ3v) is 7.02. The standard InChI is InChI=1S/C12H23OP/c1-6-8-10-14(13,11-9-7-2)12(3,4)5/h6-7H,1-2,8-11H2,3-5H3. The number of hydrogen-bond acceptors (Lipinski definition) is 1. The summed E-state index contributed by atoms with van der Waals surface area (Å²) in [5.74, 6) is 0. The molecule has 0 heterocycles. The number of allylic oxidation sites excluding steroid dienone is 2. The van der Waals surface area contributed by atoms with Crippen LogP contribution in [0.5, 0.6) is 0 Å². The Labute approximate surface area is 88.7 Å². The van der Waals surface area contributed by atoms with Crippen molar-refractivity contribution in [3.63, 3.8) is 0 Å². The summed E-state index contributed by atoms with van der Waals surface area (Å²) in [6, 6.07) is 0. The van der Waals surface area contributed by atoms with E-state index in [0.29, 0.717) is 0 Å². The molecule has 0 aliphatic carbocycles. The molecule has 14 heavy (non-hydrogen) atoms. The summed E-state index contributed by atoms with van der Waals surface area (Å²) in [6.07, 6.45) is 6.98. The number of rotatable bonds is 6. The Morgan fingerprint density at radius 3 is 1.64 bits per heavy atom. The van der Waals surface area contributed by atoms with Crippen molar-refractivity contribution >= 4 is 7.14 Å². The first-order valence-electron chi connectivity index (χ1n) is 5.17. The van der Waals surface area contributed by atoms with Crippen LogP contribution in [0.15, 0.2) is 25.3 Å². The van der Waals surface area contributed by atoms with Crippen LogP contribution in [0.3, 0.4) is 0 Å². The van der Waals surface area contributed by atoms with Crippen LogP contribution in [-0.4, -0.2) is 17.5 Å². The predicted octanol–water partition coefficient (Wildman–Crippen LogP) is 4.30. The van der Waals surface area contributed by atoms with E-state index < -0.39 is 7.14 Å². The van der Waals surface area contributed by atoms with E-state index in [4.69, 9.17) is 0 Å². The minimum Gasteiger partial charge on any atom is -0.323 e. The van der Waals surface area contributed by atoms with E-state index in [9.17, 15) is 4.57 Å². The van der Waals surface area contributed by atoms with Gasteiger partial charge in [-0.15, -0.1) is 13.2 Å². The number of hydrogen-bond donors (Lipinski definition) is 0. The monoisotopic (exact) mass is 214 g/mol. The molecule has 1 nitrogen and oxygen atoms in total. The third-order valence-electron chi connectivity index (χ3n) is 2.61. The summed E-state index contributed by atoms with van der Waals surface area (Å²) in [5, 5.41) is -0.0843. The molecule has 0 bridgehead atoms. The molecule has 0 saturated carbocycles. The van der Waals surface area contributed by atoms with Crippen molar-refractivity contribution in [1.29, 1.82) is 0 Å². The molecule has 82 valence electrons. The highest BCUT2D eigenvalue weighted by atomic mass is 31.2. The summed E-state index contributed by atoms with van der Waals surface area (Å²) in [7, 11) is -2.08. The van der Waals surface area contributed by atoms with Crippen LogP contribution in [-0.2, 0) is 4.57 Å². The summed E-state index contributed by atoms with van der Waals surface area (Å²) >= 11 is 0. The van der Waals surface area contributed by atoms with Gasteiger partial charge in [0.25, 0.3) is 0 Å². The molecule has 2 heteroatoms. The second-order valence-electron chi connectivity index (χ2n) is 4.66. The predicted molar refractivity (Wildman–Crippen MR) is 66.7 cm³/mol. The van der Waals surface area contributed by atoms with Gasteiger partial charge in [-0.2, -0.15) is 0 Å². The van der Waals surface area contributed by atoms with Crippen molar-refractivity contribution in [2.75, 3.05) is 12.3 Å². The van der Waals surface area contributed by atoms with E-state index in [1.807, 2.05) is 12.2 Å². The summed E-state index contributed by atoms with van der Waals surface area (Å²) in [4.78, 5) is 0. The highest BCUT2D eigenvalue weighted by molar-refractivity contribution is 7.65. The van der Waals surface area contributed by atoms with Gasteiger partial charge in [0.15, 0.2) is 0 Å². The van der Waals surface area contributed by atoms with Gasteiger partial charge in [0, 0.05) is 17.5 Å². The van der Waals surface area contributed by atoms with Crippen molar-refractivity contribution in [3.05, 3.63) is 25.3 Å². The van der Waals surface area contributed by atoms with Gasteiger partial charge in [-0.1, -0.05) is 32.9 Å². The SMILES string of the molecule is C=CCCP(=O)(CCC=C)C(C)(C)C. The van der Waals surface area contributed by atoms with Gasteiger partial charge in [-0.25, -0.2) is 0 Å². The quantitative estimate of drug-likeness (QED) is 0.476. The van der Waals surface area contributed by atoms with Gasteiger partial charge in [-0.05, 0) is 12.8 Å². The van der Waals surface area contributed by atoms with Crippen LogP contribution in [0.1, 0.15) is 33.6 Å². The van der Waals surface area contributed by atoms with Crippen LogP contribution in [0, 0.1) is 0 Å². The lowest BCUT2D eigenvalue weighted by atomic mass is 10.3. The lowest BCUT2D eigenvalue weighted by molar-refractivity contribution is 0.547. The molecule has 0 aromatic rings. The first-order valence-corrected chi connectivity index (χ1v) is 7.25. The third kappa shape index (κ3) is 3.84. The van der Waals surface area contributed by atoms with Crippen molar-refractivity contribution in [1.82, 2.24) is 0 Å². The van der Waals surface area contributed by atoms with Crippen LogP contribution in [0.25, 0.3) is 0 Å². The maximum atomic E-state index is 12.7. The van der Waals surface area contributed by atoms with Gasteiger partial charge < -0.3 is 4.57 Å². The second-order valence-corrected chi connectivity index (χ2v) is 8.68. The summed E-state index contributed by atoms with van der Waals surface area (Å²) in [5.41, 5.74) is 0. The molecule has 0 atom stereocenters. The average molecular weight is 214 g/mol. The first kappa shape index (κ1) is 13.7. The molecule has 0 spiro atoms. The van der Waals surface area contributed by atoms with Crippen LogP contribution < -0.4 is 0 Å². The molecular formula is C12H23OP. The van der Waals surface area contributed by atoms with E-state index in [2.05, 4.69) is 33.9 Å². The maximum absolute atomic E-state index is 12.7. The Morgan fingerprint density at radius 2 is 1.43 bits per heavy atom. The fraction of sp³-hybridized carbons (Fsp3) is 0.667.